The number of oxime groups is 1. The molecule has 0 spiro atoms. The first-order valence-corrected chi connectivity index (χ1v) is 5.71. The van der Waals surface area contributed by atoms with Gasteiger partial charge in [-0.25, -0.2) is 4.39 Å². The largest absolute Gasteiger partial charge is 0.449 e. The Kier molecular flexibility index (Phi) is 3.98. The fourth-order valence-electron chi connectivity index (χ4n) is 1.66. The molecule has 0 aliphatic heterocycles. The molecule has 0 aliphatic rings. The van der Waals surface area contributed by atoms with E-state index >= 15 is 0 Å². The number of nitrogens with two attached hydrogens (primary N) is 1. The van der Waals surface area contributed by atoms with Gasteiger partial charge in [-0.05, 0) is 18.2 Å². The Balaban J connectivity index is 2.48. The van der Waals surface area contributed by atoms with Crippen LogP contribution < -0.4 is 10.5 Å². The predicted octanol–water partition coefficient (Wildman–Crippen LogP) is 2.62. The van der Waals surface area contributed by atoms with Crippen LogP contribution in [0, 0.1) is 15.9 Å². The minimum Gasteiger partial charge on any atom is -0.449 e. The fourth-order valence-corrected chi connectivity index (χ4v) is 1.66. The first-order chi connectivity index (χ1) is 10.0. The van der Waals surface area contributed by atoms with Crippen LogP contribution in [0.25, 0.3) is 0 Å². The highest BCUT2D eigenvalue weighted by atomic mass is 19.1. The summed E-state index contributed by atoms with van der Waals surface area (Å²) in [6.07, 6.45) is 0. The number of amidine groups is 1. The van der Waals surface area contributed by atoms with Crippen molar-refractivity contribution in [2.75, 3.05) is 0 Å². The highest BCUT2D eigenvalue weighted by Gasteiger charge is 2.18. The molecule has 0 saturated heterocycles. The molecule has 0 bridgehead atoms. The van der Waals surface area contributed by atoms with Crippen molar-refractivity contribution in [1.29, 1.82) is 0 Å². The van der Waals surface area contributed by atoms with Gasteiger partial charge in [0.15, 0.2) is 5.84 Å². The van der Waals surface area contributed by atoms with E-state index < -0.39 is 16.4 Å². The molecule has 2 rings (SSSR count). The number of nitro benzene ring substituents is 1. The summed E-state index contributed by atoms with van der Waals surface area (Å²) in [6, 6.07) is 9.00. The highest BCUT2D eigenvalue weighted by molar-refractivity contribution is 5.99. The summed E-state index contributed by atoms with van der Waals surface area (Å²) in [7, 11) is 0. The summed E-state index contributed by atoms with van der Waals surface area (Å²) in [5.74, 6) is -1.10. The number of hydrogen-bond acceptors (Lipinski definition) is 5. The second kappa shape index (κ2) is 5.87. The van der Waals surface area contributed by atoms with Crippen molar-refractivity contribution < 1.29 is 19.3 Å². The standard InChI is InChI=1S/C13H10FN3O4/c14-8-5-6-10(17(19)20)12(7-8)21-11-4-2-1-3-9(11)13(15)16-18/h1-7,18H,(H2,15,16). The molecular formula is C13H10FN3O4. The van der Waals surface area contributed by atoms with Gasteiger partial charge in [-0.2, -0.15) is 0 Å². The van der Waals surface area contributed by atoms with Gasteiger partial charge in [0.05, 0.1) is 10.5 Å². The Morgan fingerprint density at radius 3 is 2.67 bits per heavy atom. The number of hydrogen-bond donors (Lipinski definition) is 2. The molecular weight excluding hydrogens is 281 g/mol. The minimum absolute atomic E-state index is 0.0986. The topological polar surface area (TPSA) is 111 Å². The van der Waals surface area contributed by atoms with Crippen molar-refractivity contribution in [2.45, 2.75) is 0 Å². The number of nitro groups is 1. The van der Waals surface area contributed by atoms with Crippen LogP contribution in [-0.2, 0) is 0 Å². The van der Waals surface area contributed by atoms with Crippen molar-refractivity contribution in [1.82, 2.24) is 0 Å². The zero-order valence-corrected chi connectivity index (χ0v) is 10.6. The third-order valence-electron chi connectivity index (χ3n) is 2.61. The zero-order valence-electron chi connectivity index (χ0n) is 10.6. The average Bonchev–Trinajstić information content (AvgIpc) is 2.47. The number of nitrogens with zero attached hydrogens (tertiary/aromatic N) is 2. The summed E-state index contributed by atoms with van der Waals surface area (Å²) in [5, 5.41) is 22.5. The molecule has 21 heavy (non-hydrogen) atoms. The summed E-state index contributed by atoms with van der Waals surface area (Å²) >= 11 is 0. The molecule has 8 heteroatoms. The summed E-state index contributed by atoms with van der Waals surface area (Å²) in [6.45, 7) is 0. The van der Waals surface area contributed by atoms with Crippen LogP contribution in [0.1, 0.15) is 5.56 Å². The van der Waals surface area contributed by atoms with Gasteiger partial charge < -0.3 is 15.7 Å². The quantitative estimate of drug-likeness (QED) is 0.296. The maximum absolute atomic E-state index is 13.2. The van der Waals surface area contributed by atoms with E-state index in [1.54, 1.807) is 12.1 Å². The molecule has 0 aromatic heterocycles. The molecule has 7 nitrogen and oxygen atoms in total. The second-order valence-electron chi connectivity index (χ2n) is 3.95. The van der Waals surface area contributed by atoms with Crippen LogP contribution >= 0.6 is 0 Å². The molecule has 2 aromatic rings. The van der Waals surface area contributed by atoms with Crippen molar-refractivity contribution in [2.24, 2.45) is 10.9 Å². The molecule has 0 unspecified atom stereocenters. The van der Waals surface area contributed by atoms with Gasteiger partial charge in [-0.3, -0.25) is 10.1 Å². The fraction of sp³-hybridized carbons (Fsp3) is 0. The molecule has 0 amide bonds. The van der Waals surface area contributed by atoms with Gasteiger partial charge >= 0.3 is 5.69 Å². The monoisotopic (exact) mass is 291 g/mol. The van der Waals surface area contributed by atoms with Gasteiger partial charge in [-0.15, -0.1) is 0 Å². The molecule has 3 N–H and O–H groups in total. The second-order valence-corrected chi connectivity index (χ2v) is 3.95. The van der Waals surface area contributed by atoms with Crippen LogP contribution in [0.5, 0.6) is 11.5 Å². The maximum atomic E-state index is 13.2. The molecule has 0 radical (unpaired) electrons. The molecule has 108 valence electrons. The van der Waals surface area contributed by atoms with Gasteiger partial charge in [0, 0.05) is 12.1 Å². The van der Waals surface area contributed by atoms with Crippen LogP contribution in [0.4, 0.5) is 10.1 Å². The SMILES string of the molecule is N/C(=N\O)c1ccccc1Oc1cc(F)ccc1[N+](=O)[O-]. The lowest BCUT2D eigenvalue weighted by atomic mass is 10.2. The van der Waals surface area contributed by atoms with Gasteiger partial charge in [0.2, 0.25) is 5.75 Å². The molecule has 0 heterocycles. The Morgan fingerprint density at radius 1 is 1.29 bits per heavy atom. The molecule has 0 atom stereocenters. The van der Waals surface area contributed by atoms with E-state index in [0.717, 1.165) is 18.2 Å². The Morgan fingerprint density at radius 2 is 2.00 bits per heavy atom. The van der Waals surface area contributed by atoms with Gasteiger partial charge in [-0.1, -0.05) is 17.3 Å². The van der Waals surface area contributed by atoms with E-state index in [4.69, 9.17) is 15.7 Å². The molecule has 2 aromatic carbocycles. The van der Waals surface area contributed by atoms with E-state index in [0.29, 0.717) is 0 Å². The summed E-state index contributed by atoms with van der Waals surface area (Å²) in [4.78, 5) is 10.2. The van der Waals surface area contributed by atoms with Crippen LogP contribution in [-0.4, -0.2) is 16.0 Å². The van der Waals surface area contributed by atoms with E-state index in [2.05, 4.69) is 5.16 Å². The van der Waals surface area contributed by atoms with E-state index in [1.165, 1.54) is 12.1 Å². The molecule has 0 saturated carbocycles. The summed E-state index contributed by atoms with van der Waals surface area (Å²) in [5.41, 5.74) is 5.31. The van der Waals surface area contributed by atoms with Crippen LogP contribution in [0.2, 0.25) is 0 Å². The van der Waals surface area contributed by atoms with E-state index in [1.807, 2.05) is 0 Å². The zero-order chi connectivity index (χ0) is 15.4. The maximum Gasteiger partial charge on any atom is 0.311 e. The van der Waals surface area contributed by atoms with Crippen molar-refractivity contribution in [3.8, 4) is 11.5 Å². The van der Waals surface area contributed by atoms with Gasteiger partial charge in [0.25, 0.3) is 0 Å². The smallest absolute Gasteiger partial charge is 0.311 e. The van der Waals surface area contributed by atoms with Gasteiger partial charge in [0.1, 0.15) is 11.6 Å². The van der Waals surface area contributed by atoms with Crippen LogP contribution in [0.3, 0.4) is 0 Å². The third-order valence-corrected chi connectivity index (χ3v) is 2.61. The van der Waals surface area contributed by atoms with Crippen molar-refractivity contribution in [3.05, 3.63) is 64.0 Å². The Hall–Kier alpha value is -3.16. The lowest BCUT2D eigenvalue weighted by molar-refractivity contribution is -0.385. The average molecular weight is 291 g/mol. The third kappa shape index (κ3) is 3.06. The number of para-hydroxylation sites is 1. The lowest BCUT2D eigenvalue weighted by Crippen LogP contribution is -2.14. The number of rotatable bonds is 4. The number of halogens is 1. The van der Waals surface area contributed by atoms with E-state index in [9.17, 15) is 14.5 Å². The van der Waals surface area contributed by atoms with E-state index in [-0.39, 0.29) is 22.9 Å². The highest BCUT2D eigenvalue weighted by Crippen LogP contribution is 2.33. The lowest BCUT2D eigenvalue weighted by Gasteiger charge is -2.10. The van der Waals surface area contributed by atoms with Crippen molar-refractivity contribution in [3.63, 3.8) is 0 Å². The number of ether oxygens (including phenoxy) is 1. The summed E-state index contributed by atoms with van der Waals surface area (Å²) < 4.78 is 18.6. The minimum atomic E-state index is -0.694. The normalized spacial score (nSPS) is 11.2. The van der Waals surface area contributed by atoms with Crippen LogP contribution in [0.15, 0.2) is 47.6 Å². The molecule has 0 fully saturated rings. The predicted molar refractivity (Wildman–Crippen MR) is 72.1 cm³/mol. The number of benzene rings is 2. The first kappa shape index (κ1) is 14.3. The first-order valence-electron chi connectivity index (χ1n) is 5.71. The Bertz CT molecular complexity index is 718. The molecule has 0 aliphatic carbocycles. The Labute approximate surface area is 118 Å². The van der Waals surface area contributed by atoms with Crippen molar-refractivity contribution >= 4 is 11.5 Å².